The van der Waals surface area contributed by atoms with Gasteiger partial charge in [0.15, 0.2) is 11.5 Å². The van der Waals surface area contributed by atoms with Gasteiger partial charge in [0, 0.05) is 35.3 Å². The molecule has 0 aliphatic carbocycles. The summed E-state index contributed by atoms with van der Waals surface area (Å²) in [6.45, 7) is 9.97. The number of nitrogens with zero attached hydrogens (tertiary/aromatic N) is 3. The van der Waals surface area contributed by atoms with E-state index < -0.39 is 28.6 Å². The number of aryl methyl sites for hydroxylation is 1. The summed E-state index contributed by atoms with van der Waals surface area (Å²) in [7, 11) is 3.80. The molecule has 4 aliphatic heterocycles. The molecule has 0 saturated carbocycles. The molecule has 4 aliphatic rings. The summed E-state index contributed by atoms with van der Waals surface area (Å²) < 4.78 is 27.7. The Kier molecular flexibility index (Phi) is 8.94. The van der Waals surface area contributed by atoms with Crippen molar-refractivity contribution in [2.45, 2.75) is 67.6 Å². The van der Waals surface area contributed by atoms with Gasteiger partial charge in [-0.3, -0.25) is 9.80 Å². The van der Waals surface area contributed by atoms with Crippen molar-refractivity contribution in [1.29, 1.82) is 5.26 Å². The predicted octanol–water partition coefficient (Wildman–Crippen LogP) is 5.78. The van der Waals surface area contributed by atoms with Gasteiger partial charge in [0.2, 0.25) is 10.6 Å². The summed E-state index contributed by atoms with van der Waals surface area (Å²) in [4.78, 5) is 17.5. The van der Waals surface area contributed by atoms with Crippen LogP contribution < -0.4 is 24.3 Å². The Morgan fingerprint density at radius 1 is 1.15 bits per heavy atom. The van der Waals surface area contributed by atoms with E-state index in [-0.39, 0.29) is 38.1 Å². The summed E-state index contributed by atoms with van der Waals surface area (Å²) in [6.07, 6.45) is 2.20. The van der Waals surface area contributed by atoms with Gasteiger partial charge in [-0.1, -0.05) is 53.5 Å². The first-order chi connectivity index (χ1) is 21.9. The number of hydrogen-bond donors (Lipinski definition) is 1. The summed E-state index contributed by atoms with van der Waals surface area (Å²) in [5.74, 6) is 2.73. The van der Waals surface area contributed by atoms with Crippen LogP contribution in [0.25, 0.3) is 0 Å². The number of carbonyl (C=O) groups excluding carboxylic acids is 1. The highest BCUT2D eigenvalue weighted by Crippen LogP contribution is 2.57. The van der Waals surface area contributed by atoms with Crippen molar-refractivity contribution >= 4 is 40.9 Å². The number of benzene rings is 2. The molecule has 2 bridgehead atoms. The molecule has 1 N–H and O–H groups in total. The van der Waals surface area contributed by atoms with Gasteiger partial charge in [-0.05, 0) is 62.9 Å². The lowest BCUT2D eigenvalue weighted by Crippen LogP contribution is -2.69. The second kappa shape index (κ2) is 12.5. The zero-order chi connectivity index (χ0) is 33.1. The van der Waals surface area contributed by atoms with Crippen LogP contribution in [0.1, 0.15) is 51.0 Å². The molecule has 1 amide bonds. The number of hydrogen-bond acceptors (Lipinski definition) is 9. The van der Waals surface area contributed by atoms with Crippen molar-refractivity contribution in [1.82, 2.24) is 15.1 Å². The Hall–Kier alpha value is -3.07. The van der Waals surface area contributed by atoms with Crippen molar-refractivity contribution in [2.75, 3.05) is 40.7 Å². The monoisotopic (exact) mass is 690 g/mol. The first-order valence-corrected chi connectivity index (χ1v) is 16.3. The normalized spacial score (nSPS) is 24.6. The highest BCUT2D eigenvalue weighted by molar-refractivity contribution is 6.67. The quantitative estimate of drug-likeness (QED) is 0.286. The topological polar surface area (TPSA) is 106 Å². The molecule has 5 atom stereocenters. The molecule has 246 valence electrons. The van der Waals surface area contributed by atoms with Gasteiger partial charge in [0.05, 0.1) is 25.3 Å². The Bertz CT molecular complexity index is 1620. The third kappa shape index (κ3) is 5.40. The van der Waals surface area contributed by atoms with E-state index >= 15 is 0 Å². The number of nitrogens with one attached hydrogen (secondary N) is 1. The van der Waals surface area contributed by atoms with Crippen LogP contribution in [0.2, 0.25) is 0 Å². The second-order valence-corrected chi connectivity index (χ2v) is 14.7. The molecule has 1 unspecified atom stereocenters. The van der Waals surface area contributed by atoms with Crippen molar-refractivity contribution in [3.8, 4) is 29.1 Å². The van der Waals surface area contributed by atoms with E-state index in [2.05, 4.69) is 54.7 Å². The number of alkyl carbamates (subject to hydrolysis) is 1. The Morgan fingerprint density at radius 3 is 2.57 bits per heavy atom. The first kappa shape index (κ1) is 32.9. The lowest BCUT2D eigenvalue weighted by atomic mass is 9.71. The molecule has 0 aromatic heterocycles. The third-order valence-corrected chi connectivity index (χ3v) is 10.0. The van der Waals surface area contributed by atoms with Crippen LogP contribution in [-0.2, 0) is 17.6 Å². The lowest BCUT2D eigenvalue weighted by molar-refractivity contribution is -0.0718. The molecule has 2 aromatic carbocycles. The molecular formula is C33H37Cl3N4O6. The van der Waals surface area contributed by atoms with Crippen LogP contribution in [0.15, 0.2) is 18.7 Å². The Morgan fingerprint density at radius 2 is 1.89 bits per heavy atom. The van der Waals surface area contributed by atoms with Crippen molar-refractivity contribution in [3.05, 3.63) is 57.7 Å². The van der Waals surface area contributed by atoms with Gasteiger partial charge in [-0.25, -0.2) is 4.79 Å². The predicted molar refractivity (Wildman–Crippen MR) is 175 cm³/mol. The SMILES string of the molecule is C=CCOc1c(C)c2c(c3c1CC1[C@H]4c5c(cc(C)c(OC)c5C)C[C@@H]([C@H](C#N)N1[C@H]3CNC(=O)OCC(Cl)(Cl)Cl)N4C)OCO2. The maximum absolute atomic E-state index is 12.9. The lowest BCUT2D eigenvalue weighted by Gasteiger charge is -2.60. The van der Waals surface area contributed by atoms with E-state index in [1.54, 1.807) is 13.2 Å². The highest BCUT2D eigenvalue weighted by atomic mass is 35.6. The number of alkyl halides is 3. The number of piperazine rings is 1. The zero-order valence-corrected chi connectivity index (χ0v) is 28.7. The van der Waals surface area contributed by atoms with Crippen LogP contribution in [-0.4, -0.2) is 78.5 Å². The first-order valence-electron chi connectivity index (χ1n) is 15.1. The van der Waals surface area contributed by atoms with Crippen LogP contribution in [0.5, 0.6) is 23.0 Å². The van der Waals surface area contributed by atoms with Gasteiger partial charge < -0.3 is 29.0 Å². The van der Waals surface area contributed by atoms with Crippen molar-refractivity contribution in [3.63, 3.8) is 0 Å². The fourth-order valence-electron chi connectivity index (χ4n) is 8.08. The molecule has 10 nitrogen and oxygen atoms in total. The van der Waals surface area contributed by atoms with Crippen LogP contribution in [0.3, 0.4) is 0 Å². The molecule has 4 heterocycles. The van der Waals surface area contributed by atoms with E-state index in [4.69, 9.17) is 58.5 Å². The molecule has 2 aromatic rings. The van der Waals surface area contributed by atoms with Gasteiger partial charge in [-0.2, -0.15) is 5.26 Å². The summed E-state index contributed by atoms with van der Waals surface area (Å²) in [6, 6.07) is 3.44. The molecule has 0 spiro atoms. The third-order valence-electron chi connectivity index (χ3n) is 9.69. The Balaban J connectivity index is 1.54. The fourth-order valence-corrected chi connectivity index (χ4v) is 8.24. The summed E-state index contributed by atoms with van der Waals surface area (Å²) in [5.41, 5.74) is 7.17. The largest absolute Gasteiger partial charge is 0.496 e. The van der Waals surface area contributed by atoms with E-state index in [1.807, 2.05) is 6.92 Å². The number of fused-ring (bicyclic) bond motifs is 9. The maximum atomic E-state index is 12.9. The minimum absolute atomic E-state index is 0.0454. The summed E-state index contributed by atoms with van der Waals surface area (Å²) >= 11 is 17.5. The van der Waals surface area contributed by atoms with Gasteiger partial charge in [0.1, 0.15) is 30.8 Å². The number of likely N-dealkylation sites (N-methyl/N-ethyl adjacent to an activating group) is 1. The standard InChI is InChI=1S/C33H37Cl3N4O6/c1-7-8-43-29-18(4)30-31(46-15-45-30)26-20(29)11-22-27-25-17(3)28(42-6)16(2)9-19(25)10-21(39(27)5)23(12-37)40(22)24(26)13-38-32(41)44-14-33(34,35)36/h7,9,21-24,27H,1,8,10-11,13-15H2,2-6H3,(H,38,41)/t21-,22?,23-,24-,27-/m0/s1. The van der Waals surface area contributed by atoms with E-state index in [1.165, 1.54) is 11.1 Å². The molecule has 1 saturated heterocycles. The molecular weight excluding hydrogens is 655 g/mol. The minimum Gasteiger partial charge on any atom is -0.496 e. The molecule has 46 heavy (non-hydrogen) atoms. The number of nitriles is 1. The van der Waals surface area contributed by atoms with Gasteiger partial charge in [-0.15, -0.1) is 0 Å². The molecule has 6 rings (SSSR count). The van der Waals surface area contributed by atoms with Crippen LogP contribution in [0, 0.1) is 32.1 Å². The van der Waals surface area contributed by atoms with Crippen LogP contribution in [0.4, 0.5) is 4.79 Å². The van der Waals surface area contributed by atoms with E-state index in [0.717, 1.165) is 33.6 Å². The van der Waals surface area contributed by atoms with Crippen molar-refractivity contribution < 1.29 is 28.5 Å². The van der Waals surface area contributed by atoms with E-state index in [9.17, 15) is 10.1 Å². The fraction of sp³-hybridized carbons (Fsp3) is 0.515. The number of carbonyl (C=O) groups is 1. The molecule has 0 radical (unpaired) electrons. The minimum atomic E-state index is -1.76. The number of halogens is 3. The highest BCUT2D eigenvalue weighted by Gasteiger charge is 2.56. The van der Waals surface area contributed by atoms with Crippen molar-refractivity contribution in [2.24, 2.45) is 0 Å². The maximum Gasteiger partial charge on any atom is 0.407 e. The molecule has 1 fully saturated rings. The Labute approximate surface area is 284 Å². The van der Waals surface area contributed by atoms with Gasteiger partial charge in [0.25, 0.3) is 0 Å². The smallest absolute Gasteiger partial charge is 0.407 e. The van der Waals surface area contributed by atoms with Gasteiger partial charge >= 0.3 is 6.09 Å². The zero-order valence-electron chi connectivity index (χ0n) is 26.4. The summed E-state index contributed by atoms with van der Waals surface area (Å²) in [5, 5.41) is 13.7. The van der Waals surface area contributed by atoms with E-state index in [0.29, 0.717) is 30.1 Å². The second-order valence-electron chi connectivity index (χ2n) is 12.2. The van der Waals surface area contributed by atoms with Crippen LogP contribution >= 0.6 is 34.8 Å². The number of methoxy groups -OCH3 is 1. The molecule has 13 heteroatoms. The average Bonchev–Trinajstić information content (AvgIpc) is 3.49. The number of rotatable bonds is 7. The average molecular weight is 692 g/mol. The number of ether oxygens (including phenoxy) is 5. The number of amides is 1.